The van der Waals surface area contributed by atoms with E-state index < -0.39 is 10.0 Å². The van der Waals surface area contributed by atoms with Gasteiger partial charge in [-0.15, -0.1) is 12.4 Å². The van der Waals surface area contributed by atoms with Crippen molar-refractivity contribution in [2.75, 3.05) is 13.1 Å². The summed E-state index contributed by atoms with van der Waals surface area (Å²) in [5, 5.41) is -0.0709. The molecule has 0 unspecified atom stereocenters. The van der Waals surface area contributed by atoms with Crippen LogP contribution in [0.3, 0.4) is 0 Å². The Morgan fingerprint density at radius 1 is 1.50 bits per heavy atom. The molecular weight excluding hydrogens is 228 g/mol. The Kier molecular flexibility index (Phi) is 5.14. The van der Waals surface area contributed by atoms with E-state index in [1.165, 1.54) is 6.07 Å². The summed E-state index contributed by atoms with van der Waals surface area (Å²) in [5.74, 6) is 0.563. The van der Waals surface area contributed by atoms with Gasteiger partial charge in [0.15, 0.2) is 0 Å². The first-order valence-electron chi connectivity index (χ1n) is 3.82. The van der Waals surface area contributed by atoms with E-state index >= 15 is 0 Å². The van der Waals surface area contributed by atoms with Crippen LogP contribution >= 0.6 is 12.4 Å². The molecule has 1 heterocycles. The Bertz CT molecular complexity index is 374. The van der Waals surface area contributed by atoms with Crippen LogP contribution in [0.2, 0.25) is 0 Å². The molecule has 0 radical (unpaired) electrons. The van der Waals surface area contributed by atoms with Crippen molar-refractivity contribution in [3.63, 3.8) is 0 Å². The second-order valence-corrected chi connectivity index (χ2v) is 4.25. The first-order valence-corrected chi connectivity index (χ1v) is 5.31. The molecule has 82 valence electrons. The zero-order valence-corrected chi connectivity index (χ0v) is 9.32. The predicted octanol–water partition coefficient (Wildman–Crippen LogP) is 0.247. The Labute approximate surface area is 89.1 Å². The van der Waals surface area contributed by atoms with E-state index in [9.17, 15) is 8.42 Å². The zero-order chi connectivity index (χ0) is 9.90. The highest BCUT2D eigenvalue weighted by molar-refractivity contribution is 7.89. The molecule has 0 amide bonds. The van der Waals surface area contributed by atoms with E-state index in [1.54, 1.807) is 13.0 Å². The van der Waals surface area contributed by atoms with Crippen molar-refractivity contribution < 1.29 is 12.8 Å². The van der Waals surface area contributed by atoms with Crippen molar-refractivity contribution in [3.8, 4) is 0 Å². The van der Waals surface area contributed by atoms with Gasteiger partial charge in [0.05, 0.1) is 0 Å². The molecule has 0 fully saturated rings. The van der Waals surface area contributed by atoms with Gasteiger partial charge in [-0.05, 0) is 19.1 Å². The SMILES string of the molecule is Cc1ccc(S(=O)(=O)NCCN)o1.Cl. The topological polar surface area (TPSA) is 85.3 Å². The van der Waals surface area contributed by atoms with Crippen LogP contribution in [0.4, 0.5) is 0 Å². The number of sulfonamides is 1. The summed E-state index contributed by atoms with van der Waals surface area (Å²) in [5.41, 5.74) is 5.16. The molecule has 0 bridgehead atoms. The summed E-state index contributed by atoms with van der Waals surface area (Å²) >= 11 is 0. The molecule has 1 rings (SSSR count). The minimum Gasteiger partial charge on any atom is -0.449 e. The number of hydrogen-bond acceptors (Lipinski definition) is 4. The molecule has 0 aliphatic heterocycles. The van der Waals surface area contributed by atoms with E-state index in [2.05, 4.69) is 4.72 Å². The van der Waals surface area contributed by atoms with Gasteiger partial charge in [0, 0.05) is 13.1 Å². The van der Waals surface area contributed by atoms with Crippen LogP contribution in [0.1, 0.15) is 5.76 Å². The van der Waals surface area contributed by atoms with Gasteiger partial charge in [0.2, 0.25) is 5.09 Å². The molecule has 5 nitrogen and oxygen atoms in total. The quantitative estimate of drug-likeness (QED) is 0.790. The van der Waals surface area contributed by atoms with E-state index in [1.807, 2.05) is 0 Å². The molecule has 0 spiro atoms. The second-order valence-electron chi connectivity index (χ2n) is 2.55. The molecule has 0 saturated heterocycles. The highest BCUT2D eigenvalue weighted by atomic mass is 35.5. The molecule has 0 aromatic carbocycles. The van der Waals surface area contributed by atoms with Crippen molar-refractivity contribution >= 4 is 22.4 Å². The maximum absolute atomic E-state index is 11.3. The minimum atomic E-state index is -3.50. The smallest absolute Gasteiger partial charge is 0.274 e. The fourth-order valence-electron chi connectivity index (χ4n) is 0.821. The van der Waals surface area contributed by atoms with Crippen LogP contribution in [-0.4, -0.2) is 21.5 Å². The lowest BCUT2D eigenvalue weighted by molar-refractivity contribution is 0.425. The van der Waals surface area contributed by atoms with Crippen LogP contribution in [0.15, 0.2) is 21.6 Å². The summed E-state index contributed by atoms with van der Waals surface area (Å²) in [6.45, 7) is 2.16. The normalized spacial score (nSPS) is 11.0. The number of hydrogen-bond donors (Lipinski definition) is 2. The van der Waals surface area contributed by atoms with Crippen LogP contribution in [-0.2, 0) is 10.0 Å². The lowest BCUT2D eigenvalue weighted by atomic mass is 10.5. The lowest BCUT2D eigenvalue weighted by Gasteiger charge is -2.00. The average Bonchev–Trinajstić information content (AvgIpc) is 2.49. The molecular formula is C7H13ClN2O3S. The van der Waals surface area contributed by atoms with Crippen molar-refractivity contribution in [1.82, 2.24) is 4.72 Å². The fraction of sp³-hybridized carbons (Fsp3) is 0.429. The third-order valence-electron chi connectivity index (χ3n) is 1.42. The largest absolute Gasteiger partial charge is 0.449 e. The maximum atomic E-state index is 11.3. The van der Waals surface area contributed by atoms with Crippen molar-refractivity contribution in [2.24, 2.45) is 5.73 Å². The molecule has 0 atom stereocenters. The van der Waals surface area contributed by atoms with Gasteiger partial charge in [0.1, 0.15) is 5.76 Å². The number of rotatable bonds is 4. The van der Waals surface area contributed by atoms with Gasteiger partial charge in [-0.1, -0.05) is 0 Å². The summed E-state index contributed by atoms with van der Waals surface area (Å²) in [7, 11) is -3.50. The average molecular weight is 241 g/mol. The van der Waals surface area contributed by atoms with Gasteiger partial charge < -0.3 is 10.2 Å². The number of nitrogens with one attached hydrogen (secondary N) is 1. The third-order valence-corrected chi connectivity index (χ3v) is 2.75. The van der Waals surface area contributed by atoms with Gasteiger partial charge in [-0.2, -0.15) is 0 Å². The first-order chi connectivity index (χ1) is 6.06. The molecule has 1 aromatic heterocycles. The fourth-order valence-corrected chi connectivity index (χ4v) is 1.84. The molecule has 0 aliphatic rings. The Hall–Kier alpha value is -0.560. The van der Waals surface area contributed by atoms with Gasteiger partial charge in [-0.25, -0.2) is 13.1 Å². The Morgan fingerprint density at radius 2 is 2.14 bits per heavy atom. The summed E-state index contributed by atoms with van der Waals surface area (Å²) in [6.07, 6.45) is 0. The zero-order valence-electron chi connectivity index (χ0n) is 7.69. The van der Waals surface area contributed by atoms with Crippen LogP contribution in [0.5, 0.6) is 0 Å². The van der Waals surface area contributed by atoms with Crippen LogP contribution in [0, 0.1) is 6.92 Å². The predicted molar refractivity (Wildman–Crippen MR) is 54.9 cm³/mol. The van der Waals surface area contributed by atoms with E-state index in [4.69, 9.17) is 10.2 Å². The number of halogens is 1. The molecule has 7 heteroatoms. The van der Waals surface area contributed by atoms with Crippen molar-refractivity contribution in [2.45, 2.75) is 12.0 Å². The monoisotopic (exact) mass is 240 g/mol. The first kappa shape index (κ1) is 13.4. The highest BCUT2D eigenvalue weighted by Crippen LogP contribution is 2.11. The maximum Gasteiger partial charge on any atom is 0.274 e. The molecule has 1 aromatic rings. The van der Waals surface area contributed by atoms with E-state index in [-0.39, 0.29) is 30.6 Å². The van der Waals surface area contributed by atoms with E-state index in [0.29, 0.717) is 5.76 Å². The third kappa shape index (κ3) is 3.30. The second kappa shape index (κ2) is 5.35. The lowest BCUT2D eigenvalue weighted by Crippen LogP contribution is -2.28. The molecule has 0 aliphatic carbocycles. The van der Waals surface area contributed by atoms with Crippen molar-refractivity contribution in [3.05, 3.63) is 17.9 Å². The summed E-state index contributed by atoms with van der Waals surface area (Å²) in [6, 6.07) is 3.01. The van der Waals surface area contributed by atoms with Crippen LogP contribution in [0.25, 0.3) is 0 Å². The molecule has 3 N–H and O–H groups in total. The standard InChI is InChI=1S/C7H12N2O3S.ClH/c1-6-2-3-7(12-6)13(10,11)9-5-4-8;/h2-3,9H,4-5,8H2,1H3;1H. The summed E-state index contributed by atoms with van der Waals surface area (Å²) < 4.78 is 29.9. The highest BCUT2D eigenvalue weighted by Gasteiger charge is 2.16. The number of nitrogens with two attached hydrogens (primary N) is 1. The number of aryl methyl sites for hydroxylation is 1. The van der Waals surface area contributed by atoms with Crippen molar-refractivity contribution in [1.29, 1.82) is 0 Å². The van der Waals surface area contributed by atoms with Gasteiger partial charge >= 0.3 is 0 Å². The Balaban J connectivity index is 0.00000169. The van der Waals surface area contributed by atoms with E-state index in [0.717, 1.165) is 0 Å². The van der Waals surface area contributed by atoms with Gasteiger partial charge in [-0.3, -0.25) is 0 Å². The number of furan rings is 1. The minimum absolute atomic E-state index is 0. The molecule has 0 saturated carbocycles. The summed E-state index contributed by atoms with van der Waals surface area (Å²) in [4.78, 5) is 0. The molecule has 14 heavy (non-hydrogen) atoms. The Morgan fingerprint density at radius 3 is 2.57 bits per heavy atom. The van der Waals surface area contributed by atoms with Crippen LogP contribution < -0.4 is 10.5 Å². The van der Waals surface area contributed by atoms with Gasteiger partial charge in [0.25, 0.3) is 10.0 Å².